The van der Waals surface area contributed by atoms with Crippen LogP contribution in [0.4, 0.5) is 0 Å². The molecule has 1 aromatic rings. The molecule has 22 heavy (non-hydrogen) atoms. The number of piperidine rings is 1. The lowest BCUT2D eigenvalue weighted by molar-refractivity contribution is 0.270. The van der Waals surface area contributed by atoms with Crippen molar-refractivity contribution < 1.29 is 8.42 Å². The molecule has 5 heteroatoms. The van der Waals surface area contributed by atoms with Gasteiger partial charge in [-0.15, -0.1) is 0 Å². The summed E-state index contributed by atoms with van der Waals surface area (Å²) in [6, 6.07) is 7.40. The van der Waals surface area contributed by atoms with Crippen molar-refractivity contribution in [2.24, 2.45) is 11.8 Å². The zero-order valence-corrected chi connectivity index (χ0v) is 14.7. The molecule has 1 fully saturated rings. The van der Waals surface area contributed by atoms with Crippen molar-refractivity contribution >= 4 is 10.0 Å². The lowest BCUT2D eigenvalue weighted by Crippen LogP contribution is -2.40. The zero-order chi connectivity index (χ0) is 16.2. The Kier molecular flexibility index (Phi) is 6.01. The van der Waals surface area contributed by atoms with E-state index in [9.17, 15) is 8.42 Å². The summed E-state index contributed by atoms with van der Waals surface area (Å²) in [5.41, 5.74) is 1.20. The topological polar surface area (TPSA) is 49.4 Å². The van der Waals surface area contributed by atoms with Gasteiger partial charge in [-0.2, -0.15) is 4.31 Å². The van der Waals surface area contributed by atoms with E-state index in [1.54, 1.807) is 16.4 Å². The van der Waals surface area contributed by atoms with Crippen LogP contribution in [0.15, 0.2) is 29.2 Å². The second-order valence-corrected chi connectivity index (χ2v) is 8.58. The Bertz CT molecular complexity index is 559. The van der Waals surface area contributed by atoms with E-state index in [-0.39, 0.29) is 0 Å². The summed E-state index contributed by atoms with van der Waals surface area (Å²) >= 11 is 0. The van der Waals surface area contributed by atoms with E-state index in [1.165, 1.54) is 5.56 Å². The van der Waals surface area contributed by atoms with Crippen molar-refractivity contribution in [1.82, 2.24) is 9.62 Å². The molecule has 0 spiro atoms. The fraction of sp³-hybridized carbons (Fsp3) is 0.647. The second kappa shape index (κ2) is 7.57. The predicted octanol–water partition coefficient (Wildman–Crippen LogP) is 2.51. The van der Waals surface area contributed by atoms with Gasteiger partial charge >= 0.3 is 0 Å². The molecular formula is C17H28N2O2S. The van der Waals surface area contributed by atoms with Crippen LogP contribution in [-0.4, -0.2) is 39.4 Å². The Morgan fingerprint density at radius 1 is 1.18 bits per heavy atom. The molecule has 4 nitrogen and oxygen atoms in total. The summed E-state index contributed by atoms with van der Waals surface area (Å²) in [5, 5.41) is 3.18. The normalized spacial score (nSPS) is 18.0. The molecule has 1 aliphatic rings. The Balaban J connectivity index is 2.04. The van der Waals surface area contributed by atoms with Gasteiger partial charge in [-0.1, -0.05) is 26.0 Å². The maximum atomic E-state index is 12.7. The molecule has 1 saturated heterocycles. The summed E-state index contributed by atoms with van der Waals surface area (Å²) < 4.78 is 27.0. The van der Waals surface area contributed by atoms with Crippen LogP contribution in [0, 0.1) is 11.8 Å². The Labute approximate surface area is 135 Å². The lowest BCUT2D eigenvalue weighted by Gasteiger charge is -2.31. The Hall–Kier alpha value is -0.910. The molecule has 0 radical (unpaired) electrons. The SMILES string of the molecule is CNCC1CCN(S(=O)(=O)c2ccc(CC(C)C)cc2)CC1. The monoisotopic (exact) mass is 324 g/mol. The van der Waals surface area contributed by atoms with Crippen LogP contribution in [0.3, 0.4) is 0 Å². The molecule has 0 unspecified atom stereocenters. The summed E-state index contributed by atoms with van der Waals surface area (Å²) in [7, 11) is -1.39. The van der Waals surface area contributed by atoms with Gasteiger partial charge in [0.2, 0.25) is 10.0 Å². The van der Waals surface area contributed by atoms with Crippen LogP contribution in [0.2, 0.25) is 0 Å². The molecule has 0 aromatic heterocycles. The minimum atomic E-state index is -3.33. The second-order valence-electron chi connectivity index (χ2n) is 6.65. The van der Waals surface area contributed by atoms with Crippen LogP contribution in [0.5, 0.6) is 0 Å². The first kappa shape index (κ1) is 17.4. The van der Waals surface area contributed by atoms with Crippen molar-refractivity contribution in [1.29, 1.82) is 0 Å². The van der Waals surface area contributed by atoms with E-state index < -0.39 is 10.0 Å². The fourth-order valence-corrected chi connectivity index (χ4v) is 4.53. The number of hydrogen-bond acceptors (Lipinski definition) is 3. The number of hydrogen-bond donors (Lipinski definition) is 1. The largest absolute Gasteiger partial charge is 0.319 e. The van der Waals surface area contributed by atoms with Crippen molar-refractivity contribution in [2.45, 2.75) is 38.0 Å². The van der Waals surface area contributed by atoms with Gasteiger partial charge in [0.05, 0.1) is 4.90 Å². The highest BCUT2D eigenvalue weighted by atomic mass is 32.2. The highest BCUT2D eigenvalue weighted by molar-refractivity contribution is 7.89. The van der Waals surface area contributed by atoms with Gasteiger partial charge in [0.1, 0.15) is 0 Å². The molecule has 124 valence electrons. The number of nitrogens with zero attached hydrogens (tertiary/aromatic N) is 1. The molecule has 1 aromatic carbocycles. The standard InChI is InChI=1S/C17H28N2O2S/c1-14(2)12-15-4-6-17(7-5-15)22(20,21)19-10-8-16(9-11-19)13-18-3/h4-7,14,16,18H,8-13H2,1-3H3. The number of benzene rings is 1. The van der Waals surface area contributed by atoms with Gasteiger partial charge in [0.15, 0.2) is 0 Å². The van der Waals surface area contributed by atoms with Crippen molar-refractivity contribution in [3.63, 3.8) is 0 Å². The minimum Gasteiger partial charge on any atom is -0.319 e. The van der Waals surface area contributed by atoms with E-state index in [0.29, 0.717) is 29.8 Å². The van der Waals surface area contributed by atoms with E-state index >= 15 is 0 Å². The van der Waals surface area contributed by atoms with E-state index in [0.717, 1.165) is 25.8 Å². The van der Waals surface area contributed by atoms with Crippen molar-refractivity contribution in [3.05, 3.63) is 29.8 Å². The van der Waals surface area contributed by atoms with Crippen LogP contribution < -0.4 is 5.32 Å². The first-order valence-electron chi connectivity index (χ1n) is 8.17. The lowest BCUT2D eigenvalue weighted by atomic mass is 9.98. The third kappa shape index (κ3) is 4.31. The molecular weight excluding hydrogens is 296 g/mol. The fourth-order valence-electron chi connectivity index (χ4n) is 3.06. The van der Waals surface area contributed by atoms with Gasteiger partial charge in [0, 0.05) is 13.1 Å². The van der Waals surface area contributed by atoms with Crippen molar-refractivity contribution in [3.8, 4) is 0 Å². The summed E-state index contributed by atoms with van der Waals surface area (Å²) in [6.07, 6.45) is 2.85. The molecule has 1 heterocycles. The summed E-state index contributed by atoms with van der Waals surface area (Å²) in [4.78, 5) is 0.423. The highest BCUT2D eigenvalue weighted by Crippen LogP contribution is 2.24. The highest BCUT2D eigenvalue weighted by Gasteiger charge is 2.28. The third-order valence-corrected chi connectivity index (χ3v) is 6.18. The molecule has 0 amide bonds. The van der Waals surface area contributed by atoms with Gasteiger partial charge in [-0.25, -0.2) is 8.42 Å². The van der Waals surface area contributed by atoms with E-state index in [2.05, 4.69) is 19.2 Å². The van der Waals surface area contributed by atoms with Crippen LogP contribution in [0.1, 0.15) is 32.3 Å². The maximum absolute atomic E-state index is 12.7. The quantitative estimate of drug-likeness (QED) is 0.875. The van der Waals surface area contributed by atoms with Gasteiger partial charge < -0.3 is 5.32 Å². The van der Waals surface area contributed by atoms with Gasteiger partial charge in [-0.05, 0) is 62.4 Å². The predicted molar refractivity (Wildman–Crippen MR) is 90.4 cm³/mol. The molecule has 0 bridgehead atoms. The number of rotatable bonds is 6. The summed E-state index contributed by atoms with van der Waals surface area (Å²) in [5.74, 6) is 1.17. The molecule has 1 N–H and O–H groups in total. The molecule has 0 saturated carbocycles. The average Bonchev–Trinajstić information content (AvgIpc) is 2.48. The van der Waals surface area contributed by atoms with Crippen molar-refractivity contribution in [2.75, 3.05) is 26.7 Å². The molecule has 0 atom stereocenters. The molecule has 2 rings (SSSR count). The Morgan fingerprint density at radius 3 is 2.27 bits per heavy atom. The number of sulfonamides is 1. The smallest absolute Gasteiger partial charge is 0.243 e. The Morgan fingerprint density at radius 2 is 1.77 bits per heavy atom. The number of nitrogens with one attached hydrogen (secondary N) is 1. The summed E-state index contributed by atoms with van der Waals surface area (Å²) in [6.45, 7) is 6.56. The van der Waals surface area contributed by atoms with Crippen LogP contribution in [-0.2, 0) is 16.4 Å². The average molecular weight is 324 g/mol. The first-order chi connectivity index (χ1) is 10.4. The van der Waals surface area contributed by atoms with Crippen LogP contribution >= 0.6 is 0 Å². The third-order valence-electron chi connectivity index (χ3n) is 4.27. The zero-order valence-electron chi connectivity index (χ0n) is 13.9. The van der Waals surface area contributed by atoms with Gasteiger partial charge in [-0.3, -0.25) is 0 Å². The minimum absolute atomic E-state index is 0.423. The van der Waals surface area contributed by atoms with E-state index in [1.807, 2.05) is 19.2 Å². The first-order valence-corrected chi connectivity index (χ1v) is 9.61. The molecule has 0 aliphatic carbocycles. The molecule has 1 aliphatic heterocycles. The van der Waals surface area contributed by atoms with E-state index in [4.69, 9.17) is 0 Å². The van der Waals surface area contributed by atoms with Gasteiger partial charge in [0.25, 0.3) is 0 Å². The van der Waals surface area contributed by atoms with Crippen LogP contribution in [0.25, 0.3) is 0 Å². The maximum Gasteiger partial charge on any atom is 0.243 e.